The number of nitrogens with one attached hydrogen (secondary N) is 2. The van der Waals surface area contributed by atoms with E-state index in [1.807, 2.05) is 43.3 Å². The lowest BCUT2D eigenvalue weighted by molar-refractivity contribution is -0.119. The minimum Gasteiger partial charge on any atom is -0.301 e. The molecule has 2 aromatic rings. The Hall–Kier alpha value is -3.63. The summed E-state index contributed by atoms with van der Waals surface area (Å²) in [6.45, 7) is 8.19. The minimum absolute atomic E-state index is 0.0922. The van der Waals surface area contributed by atoms with Crippen LogP contribution in [0.4, 0.5) is 4.39 Å². The maximum absolute atomic E-state index is 13.4. The molecule has 0 aliphatic heterocycles. The fraction of sp³-hybridized carbons (Fsp3) is 0.265. The van der Waals surface area contributed by atoms with Crippen molar-refractivity contribution in [2.75, 3.05) is 0 Å². The van der Waals surface area contributed by atoms with Gasteiger partial charge in [-0.25, -0.2) is 4.39 Å². The molecule has 3 aliphatic rings. The Morgan fingerprint density at radius 1 is 1.10 bits per heavy atom. The first-order valence-electron chi connectivity index (χ1n) is 13.4. The summed E-state index contributed by atoms with van der Waals surface area (Å²) in [5, 5.41) is 18.3. The second-order valence-electron chi connectivity index (χ2n) is 10.9. The van der Waals surface area contributed by atoms with E-state index in [0.717, 1.165) is 46.3 Å². The molecule has 5 rings (SSSR count). The predicted molar refractivity (Wildman–Crippen MR) is 158 cm³/mol. The molecule has 0 amide bonds. The molecule has 0 heterocycles. The molecule has 2 unspecified atom stereocenters. The molecule has 0 bridgehead atoms. The lowest BCUT2D eigenvalue weighted by Gasteiger charge is -2.35. The summed E-state index contributed by atoms with van der Waals surface area (Å²) in [7, 11) is 0. The van der Waals surface area contributed by atoms with Crippen LogP contribution in [0, 0.1) is 34.4 Å². The van der Waals surface area contributed by atoms with Crippen molar-refractivity contribution < 1.29 is 9.18 Å². The molecule has 2 N–H and O–H groups in total. The van der Waals surface area contributed by atoms with E-state index in [1.165, 1.54) is 17.7 Å². The molecule has 0 aromatic heterocycles. The van der Waals surface area contributed by atoms with Crippen LogP contribution in [-0.2, 0) is 4.79 Å². The van der Waals surface area contributed by atoms with Crippen molar-refractivity contribution in [1.29, 1.82) is 10.8 Å². The zero-order valence-electron chi connectivity index (χ0n) is 22.2. The van der Waals surface area contributed by atoms with Gasteiger partial charge in [0.05, 0.1) is 11.4 Å². The van der Waals surface area contributed by atoms with E-state index in [1.54, 1.807) is 12.1 Å². The summed E-state index contributed by atoms with van der Waals surface area (Å²) in [4.78, 5) is 13.4. The Labute approximate surface area is 234 Å². The van der Waals surface area contributed by atoms with Crippen LogP contribution in [0.25, 0.3) is 5.57 Å². The quantitative estimate of drug-likeness (QED) is 0.355. The number of allylic oxidation sites excluding steroid dienone is 9. The van der Waals surface area contributed by atoms with Gasteiger partial charge in [0, 0.05) is 28.0 Å². The van der Waals surface area contributed by atoms with E-state index in [4.69, 9.17) is 22.4 Å². The van der Waals surface area contributed by atoms with Gasteiger partial charge in [-0.2, -0.15) is 0 Å². The lowest BCUT2D eigenvalue weighted by atomic mass is 9.68. The second-order valence-corrected chi connectivity index (χ2v) is 11.3. The summed E-state index contributed by atoms with van der Waals surface area (Å²) in [6, 6.07) is 13.6. The molecule has 39 heavy (non-hydrogen) atoms. The summed E-state index contributed by atoms with van der Waals surface area (Å²) in [6.07, 6.45) is 10.6. The van der Waals surface area contributed by atoms with Gasteiger partial charge in [0.2, 0.25) is 0 Å². The highest BCUT2D eigenvalue weighted by atomic mass is 35.5. The number of Topliss-reactive ketones (excluding diaryl/α,β-unsaturated/α-hetero) is 1. The first-order chi connectivity index (χ1) is 18.7. The van der Waals surface area contributed by atoms with E-state index in [-0.39, 0.29) is 41.0 Å². The third-order valence-electron chi connectivity index (χ3n) is 8.45. The van der Waals surface area contributed by atoms with Crippen molar-refractivity contribution in [2.45, 2.75) is 39.0 Å². The number of rotatable bonds is 6. The Morgan fingerprint density at radius 3 is 2.46 bits per heavy atom. The molecule has 198 valence electrons. The van der Waals surface area contributed by atoms with Gasteiger partial charge < -0.3 is 5.41 Å². The summed E-state index contributed by atoms with van der Waals surface area (Å²) < 4.78 is 13.4. The van der Waals surface area contributed by atoms with Crippen LogP contribution in [0.2, 0.25) is 5.02 Å². The van der Waals surface area contributed by atoms with Crippen LogP contribution in [-0.4, -0.2) is 17.2 Å². The van der Waals surface area contributed by atoms with Crippen molar-refractivity contribution >= 4 is 34.4 Å². The Morgan fingerprint density at radius 2 is 1.79 bits per heavy atom. The van der Waals surface area contributed by atoms with E-state index < -0.39 is 0 Å². The van der Waals surface area contributed by atoms with Crippen molar-refractivity contribution in [2.24, 2.45) is 17.8 Å². The van der Waals surface area contributed by atoms with Gasteiger partial charge in [-0.05, 0) is 89.3 Å². The number of benzene rings is 2. The molecular weight excluding hydrogens is 507 g/mol. The highest BCUT2D eigenvalue weighted by Gasteiger charge is 2.38. The molecule has 5 heteroatoms. The summed E-state index contributed by atoms with van der Waals surface area (Å²) in [5.74, 6) is -0.664. The van der Waals surface area contributed by atoms with Crippen LogP contribution in [0.1, 0.15) is 50.2 Å². The van der Waals surface area contributed by atoms with Crippen LogP contribution >= 0.6 is 11.6 Å². The molecule has 2 aromatic carbocycles. The zero-order chi connectivity index (χ0) is 27.8. The first kappa shape index (κ1) is 27.0. The first-order valence-corrected chi connectivity index (χ1v) is 13.8. The van der Waals surface area contributed by atoms with Crippen molar-refractivity contribution in [3.8, 4) is 0 Å². The molecule has 3 nitrogen and oxygen atoms in total. The van der Waals surface area contributed by atoms with Gasteiger partial charge in [0.25, 0.3) is 0 Å². The highest BCUT2D eigenvalue weighted by molar-refractivity contribution is 6.41. The molecule has 4 atom stereocenters. The van der Waals surface area contributed by atoms with E-state index in [2.05, 4.69) is 25.7 Å². The zero-order valence-corrected chi connectivity index (χ0v) is 23.0. The van der Waals surface area contributed by atoms with Crippen LogP contribution in [0.3, 0.4) is 0 Å². The molecule has 3 aliphatic carbocycles. The van der Waals surface area contributed by atoms with Crippen molar-refractivity contribution in [1.82, 2.24) is 0 Å². The Balaban J connectivity index is 1.35. The van der Waals surface area contributed by atoms with E-state index in [9.17, 15) is 9.18 Å². The van der Waals surface area contributed by atoms with E-state index in [0.29, 0.717) is 17.2 Å². The van der Waals surface area contributed by atoms with Crippen molar-refractivity contribution in [3.05, 3.63) is 124 Å². The number of halogens is 2. The number of hydrogen-bond donors (Lipinski definition) is 2. The van der Waals surface area contributed by atoms with Gasteiger partial charge in [0.1, 0.15) is 5.82 Å². The topological polar surface area (TPSA) is 64.8 Å². The maximum atomic E-state index is 13.4. The molecule has 0 spiro atoms. The standard InChI is InChI=1S/C34H32ClFN2O/c1-19-5-4-6-28(30-18-29(33(38)31(19)30)23-7-12-25(35)13-8-23)24-11-16-27(20(2)17-24)34(39)32(37)21(3)22-9-14-26(36)15-10-22/h4-10,12-15,18,20-21,24,27,37-38H,1,11,16-17H2,2-3H3/t20-,21-,24?,27?/m1/s1. The molecule has 0 saturated heterocycles. The largest absolute Gasteiger partial charge is 0.301 e. The van der Waals surface area contributed by atoms with Crippen molar-refractivity contribution in [3.63, 3.8) is 0 Å². The minimum atomic E-state index is -0.377. The number of hydrogen-bond acceptors (Lipinski definition) is 3. The molecule has 1 fully saturated rings. The monoisotopic (exact) mass is 538 g/mol. The third-order valence-corrected chi connectivity index (χ3v) is 8.70. The molecular formula is C34H32ClFN2O. The Bertz CT molecular complexity index is 1490. The van der Waals surface area contributed by atoms with Crippen LogP contribution in [0.5, 0.6) is 0 Å². The number of carbonyl (C=O) groups excluding carboxylic acids is 1. The number of ketones is 1. The van der Waals surface area contributed by atoms with E-state index >= 15 is 0 Å². The smallest absolute Gasteiger partial charge is 0.180 e. The van der Waals surface area contributed by atoms with Gasteiger partial charge in [0.15, 0.2) is 5.78 Å². The fourth-order valence-corrected chi connectivity index (χ4v) is 6.30. The van der Waals surface area contributed by atoms with Crippen LogP contribution in [0.15, 0.2) is 102 Å². The number of carbonyl (C=O) groups is 1. The maximum Gasteiger partial charge on any atom is 0.180 e. The van der Waals surface area contributed by atoms with Gasteiger partial charge >= 0.3 is 0 Å². The summed E-state index contributed by atoms with van der Waals surface area (Å²) >= 11 is 6.10. The normalized spacial score (nSPS) is 23.6. The lowest BCUT2D eigenvalue weighted by Crippen LogP contribution is -2.35. The molecule has 0 radical (unpaired) electrons. The van der Waals surface area contributed by atoms with Gasteiger partial charge in [-0.15, -0.1) is 0 Å². The predicted octanol–water partition coefficient (Wildman–Crippen LogP) is 8.69. The fourth-order valence-electron chi connectivity index (χ4n) is 6.17. The van der Waals surface area contributed by atoms with Crippen LogP contribution < -0.4 is 0 Å². The average molecular weight is 539 g/mol. The van der Waals surface area contributed by atoms with Gasteiger partial charge in [-0.3, -0.25) is 10.2 Å². The summed E-state index contributed by atoms with van der Waals surface area (Å²) in [5.41, 5.74) is 7.05. The average Bonchev–Trinajstić information content (AvgIpc) is 3.17. The SMILES string of the molecule is C=C1C=CC=C(C2CCC(C(=O)C(=N)[C@H](C)c3ccc(F)cc3)[C@H](C)C2)C2=C1C(=N)C(c1ccc(Cl)cc1)=C2. The van der Waals surface area contributed by atoms with Gasteiger partial charge in [-0.1, -0.05) is 74.5 Å². The second kappa shape index (κ2) is 10.9. The molecule has 1 saturated carbocycles. The Kier molecular flexibility index (Phi) is 7.51. The third kappa shape index (κ3) is 5.18. The highest BCUT2D eigenvalue weighted by Crippen LogP contribution is 2.46.